The second-order valence-electron chi connectivity index (χ2n) is 17.6. The third-order valence-corrected chi connectivity index (χ3v) is 14.0. The van der Waals surface area contributed by atoms with E-state index >= 15 is 0 Å². The molecule has 0 saturated heterocycles. The van der Waals surface area contributed by atoms with Crippen molar-refractivity contribution in [3.63, 3.8) is 0 Å². The van der Waals surface area contributed by atoms with E-state index in [0.29, 0.717) is 5.92 Å². The predicted octanol–water partition coefficient (Wildman–Crippen LogP) is 18.1. The van der Waals surface area contributed by atoms with Gasteiger partial charge < -0.3 is 0 Å². The van der Waals surface area contributed by atoms with Crippen molar-refractivity contribution in [3.8, 4) is 55.6 Å². The molecule has 0 atom stereocenters. The average Bonchev–Trinajstić information content (AvgIpc) is 3.85. The Kier molecular flexibility index (Phi) is 7.90. The first-order valence-electron chi connectivity index (χ1n) is 22.3. The highest BCUT2D eigenvalue weighted by Gasteiger charge is 2.29. The van der Waals surface area contributed by atoms with Gasteiger partial charge in [-0.3, -0.25) is 0 Å². The van der Waals surface area contributed by atoms with Crippen LogP contribution in [0.15, 0.2) is 212 Å². The molecule has 0 unspecified atom stereocenters. The summed E-state index contributed by atoms with van der Waals surface area (Å²) < 4.78 is 0. The van der Waals surface area contributed by atoms with E-state index in [1.165, 1.54) is 137 Å². The molecule has 294 valence electrons. The number of benzene rings is 11. The summed E-state index contributed by atoms with van der Waals surface area (Å²) in [4.78, 5) is 0. The minimum Gasteiger partial charge on any atom is -0.0622 e. The molecule has 0 bridgehead atoms. The van der Waals surface area contributed by atoms with Gasteiger partial charge in [0.1, 0.15) is 0 Å². The highest BCUT2D eigenvalue weighted by Crippen LogP contribution is 2.57. The fourth-order valence-corrected chi connectivity index (χ4v) is 11.4. The summed E-state index contributed by atoms with van der Waals surface area (Å²) in [6, 6.07) is 79.7. The Labute approximate surface area is 367 Å². The third kappa shape index (κ3) is 5.16. The van der Waals surface area contributed by atoms with Crippen molar-refractivity contribution in [1.29, 1.82) is 0 Å². The largest absolute Gasteiger partial charge is 0.0622 e. The third-order valence-electron chi connectivity index (χ3n) is 14.0. The molecular weight excluding hydrogens is 757 g/mol. The molecule has 0 saturated carbocycles. The number of rotatable bonds is 6. The van der Waals surface area contributed by atoms with Gasteiger partial charge >= 0.3 is 0 Å². The zero-order chi connectivity index (χ0) is 41.8. The number of hydrogen-bond acceptors (Lipinski definition) is 0. The van der Waals surface area contributed by atoms with Crippen LogP contribution in [0, 0.1) is 0 Å². The highest BCUT2D eigenvalue weighted by molar-refractivity contribution is 6.45. The summed E-state index contributed by atoms with van der Waals surface area (Å²) in [5, 5.41) is 18.3. The van der Waals surface area contributed by atoms with Crippen LogP contribution in [0.3, 0.4) is 0 Å². The topological polar surface area (TPSA) is 0 Å². The first kappa shape index (κ1) is 35.9. The van der Waals surface area contributed by atoms with Gasteiger partial charge in [-0.05, 0) is 149 Å². The quantitative estimate of drug-likeness (QED) is 0.147. The SMILES string of the molecule is CC(C)c1ccccc1-c1ccc2c3c(-c4ccccc4-c4ccccc4)c4c(cc5c6ccccc6c6cccc4c65)c(-c4ccccc4-c4ccccc4)c3c3cccc1c32. The Morgan fingerprint density at radius 1 is 0.238 bits per heavy atom. The molecule has 0 aliphatic rings. The maximum Gasteiger partial charge on any atom is -0.000696 e. The molecule has 13 rings (SSSR count). The van der Waals surface area contributed by atoms with E-state index in [4.69, 9.17) is 0 Å². The first-order chi connectivity index (χ1) is 31.2. The zero-order valence-electron chi connectivity index (χ0n) is 35.3. The van der Waals surface area contributed by atoms with Crippen LogP contribution < -0.4 is 0 Å². The van der Waals surface area contributed by atoms with Crippen molar-refractivity contribution in [1.82, 2.24) is 0 Å². The van der Waals surface area contributed by atoms with Crippen molar-refractivity contribution < 1.29 is 0 Å². The smallest absolute Gasteiger partial charge is 0.000696 e. The van der Waals surface area contributed by atoms with Gasteiger partial charge in [-0.15, -0.1) is 0 Å². The van der Waals surface area contributed by atoms with Gasteiger partial charge in [0.05, 0.1) is 0 Å². The minimum atomic E-state index is 0.393. The fraction of sp³-hybridized carbons (Fsp3) is 0.0476. The Hall–Kier alpha value is -7.80. The summed E-state index contributed by atoms with van der Waals surface area (Å²) in [5.41, 5.74) is 14.0. The van der Waals surface area contributed by atoms with Gasteiger partial charge in [-0.2, -0.15) is 0 Å². The molecule has 0 aliphatic heterocycles. The van der Waals surface area contributed by atoms with E-state index in [1.807, 2.05) is 0 Å². The summed E-state index contributed by atoms with van der Waals surface area (Å²) in [6.07, 6.45) is 0. The minimum absolute atomic E-state index is 0.393. The van der Waals surface area contributed by atoms with Crippen LogP contribution in [-0.4, -0.2) is 0 Å². The molecule has 13 aromatic carbocycles. The lowest BCUT2D eigenvalue weighted by molar-refractivity contribution is 0.869. The van der Waals surface area contributed by atoms with Crippen LogP contribution >= 0.6 is 0 Å². The molecule has 0 aliphatic carbocycles. The average molecular weight is 799 g/mol. The van der Waals surface area contributed by atoms with E-state index in [9.17, 15) is 0 Å². The molecule has 13 aromatic rings. The molecule has 0 nitrogen and oxygen atoms in total. The molecule has 0 heterocycles. The monoisotopic (exact) mass is 798 g/mol. The summed E-state index contributed by atoms with van der Waals surface area (Å²) >= 11 is 0. The molecule has 0 amide bonds. The van der Waals surface area contributed by atoms with E-state index < -0.39 is 0 Å². The van der Waals surface area contributed by atoms with E-state index in [-0.39, 0.29) is 0 Å². The van der Waals surface area contributed by atoms with Crippen LogP contribution in [0.2, 0.25) is 0 Å². The second kappa shape index (κ2) is 13.9. The molecule has 0 radical (unpaired) electrons. The lowest BCUT2D eigenvalue weighted by Crippen LogP contribution is -1.94. The molecule has 0 aromatic heterocycles. The van der Waals surface area contributed by atoms with Crippen molar-refractivity contribution in [2.24, 2.45) is 0 Å². The predicted molar refractivity (Wildman–Crippen MR) is 273 cm³/mol. The van der Waals surface area contributed by atoms with Gasteiger partial charge in [-0.25, -0.2) is 0 Å². The lowest BCUT2D eigenvalue weighted by Gasteiger charge is -2.22. The molecule has 0 N–H and O–H groups in total. The number of hydrogen-bond donors (Lipinski definition) is 0. The van der Waals surface area contributed by atoms with Crippen LogP contribution in [0.1, 0.15) is 25.3 Å². The normalized spacial score (nSPS) is 12.1. The molecule has 63 heavy (non-hydrogen) atoms. The first-order valence-corrected chi connectivity index (χ1v) is 22.3. The number of fused-ring (bicyclic) bond motifs is 8. The molecule has 0 fully saturated rings. The van der Waals surface area contributed by atoms with Gasteiger partial charge in [0.25, 0.3) is 0 Å². The van der Waals surface area contributed by atoms with E-state index in [0.717, 1.165) is 0 Å². The molecule has 0 heteroatoms. The Morgan fingerprint density at radius 2 is 0.683 bits per heavy atom. The van der Waals surface area contributed by atoms with Crippen LogP contribution in [-0.2, 0) is 0 Å². The molecule has 0 spiro atoms. The summed E-state index contributed by atoms with van der Waals surface area (Å²) in [7, 11) is 0. The van der Waals surface area contributed by atoms with Gasteiger partial charge in [0.15, 0.2) is 0 Å². The van der Waals surface area contributed by atoms with Crippen LogP contribution in [0.4, 0.5) is 0 Å². The van der Waals surface area contributed by atoms with Crippen molar-refractivity contribution in [2.75, 3.05) is 0 Å². The zero-order valence-corrected chi connectivity index (χ0v) is 35.3. The van der Waals surface area contributed by atoms with Gasteiger partial charge in [0.2, 0.25) is 0 Å². The summed E-state index contributed by atoms with van der Waals surface area (Å²) in [6.45, 7) is 4.62. The molecular formula is C63H42. The summed E-state index contributed by atoms with van der Waals surface area (Å²) in [5.74, 6) is 0.393. The lowest BCUT2D eigenvalue weighted by atomic mass is 9.81. The van der Waals surface area contributed by atoms with Crippen LogP contribution in [0.5, 0.6) is 0 Å². The standard InChI is InChI=1S/C63H42/c1-38(2)41-23-9-12-26-44(41)47-35-36-54-57-51(47)32-18-34-53(57)62-59(48-29-15-10-24-42(48)39-19-5-3-6-20-39)56-37-55-46-28-14-13-27-45(46)50-31-17-33-52(58(50)55)60(56)61(63(54)62)49-30-16-11-25-43(49)40-21-7-4-8-22-40/h3-38H,1-2H3. The van der Waals surface area contributed by atoms with Crippen LogP contribution in [0.25, 0.3) is 131 Å². The maximum atomic E-state index is 2.56. The van der Waals surface area contributed by atoms with Gasteiger partial charge in [0, 0.05) is 0 Å². The van der Waals surface area contributed by atoms with E-state index in [2.05, 4.69) is 226 Å². The fourth-order valence-electron chi connectivity index (χ4n) is 11.4. The maximum absolute atomic E-state index is 2.56. The Balaban J connectivity index is 1.33. The van der Waals surface area contributed by atoms with Crippen molar-refractivity contribution in [3.05, 3.63) is 218 Å². The second-order valence-corrected chi connectivity index (χ2v) is 17.6. The Morgan fingerprint density at radius 3 is 1.33 bits per heavy atom. The van der Waals surface area contributed by atoms with Crippen molar-refractivity contribution >= 4 is 75.4 Å². The van der Waals surface area contributed by atoms with E-state index in [1.54, 1.807) is 0 Å². The van der Waals surface area contributed by atoms with Gasteiger partial charge in [-0.1, -0.05) is 220 Å². The van der Waals surface area contributed by atoms with Crippen molar-refractivity contribution in [2.45, 2.75) is 19.8 Å². The highest BCUT2D eigenvalue weighted by atomic mass is 14.3. The Bertz CT molecular complexity index is 3910.